The van der Waals surface area contributed by atoms with E-state index in [0.29, 0.717) is 0 Å². The SMILES string of the molecule is O=C(O)c1ccc(C#CC23CCC(C#CC#CC45CCC(C#Cc6ccc(C(=O)O)cc6)(CC4)CC5)(CC2)CC3)cc1. The Morgan fingerprint density at radius 1 is 0.452 bits per heavy atom. The van der Waals surface area contributed by atoms with Gasteiger partial charge in [0.1, 0.15) is 0 Å². The number of aromatic carboxylic acids is 2. The lowest BCUT2D eigenvalue weighted by molar-refractivity contribution is 0.0686. The molecule has 0 heterocycles. The van der Waals surface area contributed by atoms with Gasteiger partial charge < -0.3 is 10.2 Å². The second kappa shape index (κ2) is 10.8. The van der Waals surface area contributed by atoms with E-state index in [0.717, 1.165) is 88.2 Å². The van der Waals surface area contributed by atoms with Crippen LogP contribution in [0.15, 0.2) is 48.5 Å². The van der Waals surface area contributed by atoms with Gasteiger partial charge in [-0.25, -0.2) is 9.59 Å². The molecule has 6 aliphatic carbocycles. The van der Waals surface area contributed by atoms with Gasteiger partial charge in [0.25, 0.3) is 0 Å². The van der Waals surface area contributed by atoms with Crippen LogP contribution >= 0.6 is 0 Å². The fourth-order valence-electron chi connectivity index (χ4n) is 7.25. The molecule has 2 aromatic rings. The van der Waals surface area contributed by atoms with Gasteiger partial charge >= 0.3 is 11.9 Å². The van der Waals surface area contributed by atoms with E-state index in [1.165, 1.54) is 0 Å². The zero-order valence-electron chi connectivity index (χ0n) is 23.8. The Morgan fingerprint density at radius 2 is 0.714 bits per heavy atom. The second-order valence-electron chi connectivity index (χ2n) is 12.9. The van der Waals surface area contributed by atoms with Crippen molar-refractivity contribution in [2.75, 3.05) is 0 Å². The molecule has 210 valence electrons. The lowest BCUT2D eigenvalue weighted by atomic mass is 9.54. The maximum atomic E-state index is 11.1. The zero-order valence-corrected chi connectivity index (χ0v) is 23.8. The summed E-state index contributed by atoms with van der Waals surface area (Å²) >= 11 is 0. The molecule has 4 nitrogen and oxygen atoms in total. The second-order valence-corrected chi connectivity index (χ2v) is 12.9. The van der Waals surface area contributed by atoms with Gasteiger partial charge in [-0.3, -0.25) is 0 Å². The largest absolute Gasteiger partial charge is 0.478 e. The molecule has 2 N–H and O–H groups in total. The van der Waals surface area contributed by atoms with Crippen LogP contribution in [0.5, 0.6) is 0 Å². The quantitative estimate of drug-likeness (QED) is 0.386. The Kier molecular flexibility index (Phi) is 7.14. The third-order valence-corrected chi connectivity index (χ3v) is 10.4. The van der Waals surface area contributed by atoms with Gasteiger partial charge in [-0.2, -0.15) is 0 Å². The van der Waals surface area contributed by atoms with E-state index in [1.54, 1.807) is 48.5 Å². The van der Waals surface area contributed by atoms with Gasteiger partial charge in [0.2, 0.25) is 0 Å². The van der Waals surface area contributed by atoms with Crippen molar-refractivity contribution in [1.82, 2.24) is 0 Å². The molecule has 0 saturated heterocycles. The van der Waals surface area contributed by atoms with Crippen LogP contribution in [0, 0.1) is 69.0 Å². The van der Waals surface area contributed by atoms with E-state index in [1.807, 2.05) is 0 Å². The van der Waals surface area contributed by atoms with Gasteiger partial charge in [-0.1, -0.05) is 35.5 Å². The molecular formula is C38H34O4. The highest BCUT2D eigenvalue weighted by molar-refractivity contribution is 5.88. The van der Waals surface area contributed by atoms with Crippen molar-refractivity contribution < 1.29 is 19.8 Å². The van der Waals surface area contributed by atoms with E-state index in [2.05, 4.69) is 47.4 Å². The molecule has 4 heteroatoms. The maximum Gasteiger partial charge on any atom is 0.335 e. The lowest BCUT2D eigenvalue weighted by Crippen LogP contribution is -2.40. The smallest absolute Gasteiger partial charge is 0.335 e. The third-order valence-electron chi connectivity index (χ3n) is 10.4. The fraction of sp³-hybridized carbons (Fsp3) is 0.421. The standard InChI is InChI=1S/C38H34O4/c39-33(40)31-7-3-29(4-8-31)11-15-37-23-17-35(18-24-37,19-25-37)13-1-2-14-36-20-26-38(27-21-36,28-22-36)16-12-30-5-9-32(10-6-30)34(41)42/h3-10H,17-28H2,(H,39,40)(H,41,42). The summed E-state index contributed by atoms with van der Waals surface area (Å²) in [5.74, 6) is 25.6. The van der Waals surface area contributed by atoms with Gasteiger partial charge in [0.15, 0.2) is 0 Å². The molecule has 0 amide bonds. The summed E-state index contributed by atoms with van der Waals surface area (Å²) in [5, 5.41) is 18.2. The summed E-state index contributed by atoms with van der Waals surface area (Å²) in [6.07, 6.45) is 12.8. The van der Waals surface area contributed by atoms with Crippen LogP contribution in [0.25, 0.3) is 0 Å². The van der Waals surface area contributed by atoms with Crippen molar-refractivity contribution >= 4 is 11.9 Å². The molecule has 0 aromatic heterocycles. The van der Waals surface area contributed by atoms with Gasteiger partial charge in [-0.05, 0) is 137 Å². The Labute approximate surface area is 248 Å². The first-order valence-corrected chi connectivity index (χ1v) is 15.0. The molecule has 6 saturated carbocycles. The highest BCUT2D eigenvalue weighted by Crippen LogP contribution is 2.57. The highest BCUT2D eigenvalue weighted by Gasteiger charge is 2.48. The minimum absolute atomic E-state index is 0.0566. The minimum atomic E-state index is -0.917. The molecule has 42 heavy (non-hydrogen) atoms. The average Bonchev–Trinajstić information content (AvgIpc) is 3.04. The van der Waals surface area contributed by atoms with E-state index < -0.39 is 11.9 Å². The van der Waals surface area contributed by atoms with Crippen molar-refractivity contribution in [2.45, 2.75) is 77.0 Å². The summed E-state index contributed by atoms with van der Waals surface area (Å²) in [6, 6.07) is 13.6. The van der Waals surface area contributed by atoms with Gasteiger partial charge in [0.05, 0.1) is 11.1 Å². The molecule has 0 radical (unpaired) electrons. The zero-order chi connectivity index (χ0) is 29.3. The predicted octanol–water partition coefficient (Wildman–Crippen LogP) is 7.17. The van der Waals surface area contributed by atoms with E-state index in [9.17, 15) is 9.59 Å². The Morgan fingerprint density at radius 3 is 0.976 bits per heavy atom. The Bertz CT molecular complexity index is 1490. The molecule has 0 atom stereocenters. The third kappa shape index (κ3) is 5.69. The Balaban J connectivity index is 1.04. The minimum Gasteiger partial charge on any atom is -0.478 e. The number of hydrogen-bond donors (Lipinski definition) is 2. The predicted molar refractivity (Wildman–Crippen MR) is 161 cm³/mol. The van der Waals surface area contributed by atoms with Crippen LogP contribution in [0.1, 0.15) is 109 Å². The number of rotatable bonds is 2. The first kappa shape index (κ1) is 27.8. The van der Waals surface area contributed by atoms with E-state index in [-0.39, 0.29) is 32.8 Å². The average molecular weight is 555 g/mol. The lowest BCUT2D eigenvalue weighted by Gasteiger charge is -2.49. The monoisotopic (exact) mass is 554 g/mol. The van der Waals surface area contributed by atoms with Gasteiger partial charge in [-0.15, -0.1) is 0 Å². The van der Waals surface area contributed by atoms with Crippen molar-refractivity contribution in [3.63, 3.8) is 0 Å². The first-order valence-electron chi connectivity index (χ1n) is 15.0. The first-order chi connectivity index (χ1) is 20.2. The molecule has 6 fully saturated rings. The van der Waals surface area contributed by atoms with Crippen molar-refractivity contribution in [3.05, 3.63) is 70.8 Å². The van der Waals surface area contributed by atoms with Crippen LogP contribution in [-0.4, -0.2) is 22.2 Å². The Hall–Kier alpha value is -4.38. The highest BCUT2D eigenvalue weighted by atomic mass is 16.4. The summed E-state index contributed by atoms with van der Waals surface area (Å²) in [7, 11) is 0. The van der Waals surface area contributed by atoms with Crippen molar-refractivity contribution in [2.24, 2.45) is 21.7 Å². The summed E-state index contributed by atoms with van der Waals surface area (Å²) in [4.78, 5) is 22.2. The maximum absolute atomic E-state index is 11.1. The molecule has 2 aromatic carbocycles. The summed E-state index contributed by atoms with van der Waals surface area (Å²) in [5.41, 5.74) is 2.57. The van der Waals surface area contributed by atoms with Crippen LogP contribution in [-0.2, 0) is 0 Å². The van der Waals surface area contributed by atoms with Gasteiger partial charge in [0, 0.05) is 32.8 Å². The van der Waals surface area contributed by atoms with Crippen molar-refractivity contribution in [1.29, 1.82) is 0 Å². The molecule has 8 rings (SSSR count). The fourth-order valence-corrected chi connectivity index (χ4v) is 7.25. The van der Waals surface area contributed by atoms with Crippen LogP contribution in [0.4, 0.5) is 0 Å². The number of fused-ring (bicyclic) bond motifs is 6. The van der Waals surface area contributed by atoms with Crippen LogP contribution < -0.4 is 0 Å². The van der Waals surface area contributed by atoms with E-state index >= 15 is 0 Å². The number of carboxylic acid groups (broad SMARTS) is 2. The summed E-state index contributed by atoms with van der Waals surface area (Å²) in [6.45, 7) is 0. The number of carboxylic acids is 2. The summed E-state index contributed by atoms with van der Waals surface area (Å²) < 4.78 is 0. The molecule has 0 unspecified atom stereocenters. The molecule has 0 spiro atoms. The molecule has 6 aliphatic rings. The molecule has 4 bridgehead atoms. The molecule has 0 aliphatic heterocycles. The number of hydrogen-bond acceptors (Lipinski definition) is 2. The van der Waals surface area contributed by atoms with Crippen LogP contribution in [0.3, 0.4) is 0 Å². The normalized spacial score (nSPS) is 30.2. The molecular weight excluding hydrogens is 520 g/mol. The van der Waals surface area contributed by atoms with Crippen molar-refractivity contribution in [3.8, 4) is 47.4 Å². The number of benzene rings is 2. The van der Waals surface area contributed by atoms with Crippen LogP contribution in [0.2, 0.25) is 0 Å². The van der Waals surface area contributed by atoms with E-state index in [4.69, 9.17) is 10.2 Å². The number of carbonyl (C=O) groups is 2. The topological polar surface area (TPSA) is 74.6 Å².